The Morgan fingerprint density at radius 1 is 1.12 bits per heavy atom. The van der Waals surface area contributed by atoms with Gasteiger partial charge in [-0.05, 0) is 17.2 Å². The first-order chi connectivity index (χ1) is 12.3. The second-order valence-electron chi connectivity index (χ2n) is 5.59. The van der Waals surface area contributed by atoms with Gasteiger partial charge in [0.2, 0.25) is 0 Å². The van der Waals surface area contributed by atoms with Crippen LogP contribution in [0.5, 0.6) is 0 Å². The molecule has 1 N–H and O–H groups in total. The van der Waals surface area contributed by atoms with Crippen molar-refractivity contribution in [2.75, 3.05) is 19.8 Å². The van der Waals surface area contributed by atoms with Crippen molar-refractivity contribution in [2.24, 2.45) is 0 Å². The van der Waals surface area contributed by atoms with E-state index in [1.165, 1.54) is 0 Å². The minimum absolute atomic E-state index is 0.264. The van der Waals surface area contributed by atoms with Crippen LogP contribution in [0, 0.1) is 0 Å². The van der Waals surface area contributed by atoms with E-state index >= 15 is 0 Å². The van der Waals surface area contributed by atoms with Crippen LogP contribution in [0.1, 0.15) is 23.0 Å². The first-order valence-electron chi connectivity index (χ1n) is 8.25. The molecule has 2 aromatic rings. The lowest BCUT2D eigenvalue weighted by Crippen LogP contribution is -2.24. The van der Waals surface area contributed by atoms with Crippen molar-refractivity contribution in [3.63, 3.8) is 0 Å². The standard InChI is InChI=1S/C20H21NO4/c22-20(25-15-17-6-2-1-3-7-17)21-11-5-9-16-8-4-10-18(14-16)19-23-12-13-24-19/h1-10,14,19H,11-13,15H2,(H,21,22). The molecule has 0 aromatic heterocycles. The molecule has 0 spiro atoms. The van der Waals surface area contributed by atoms with E-state index in [-0.39, 0.29) is 12.9 Å². The highest BCUT2D eigenvalue weighted by molar-refractivity contribution is 5.67. The second kappa shape index (κ2) is 9.01. The lowest BCUT2D eigenvalue weighted by molar-refractivity contribution is -0.0441. The quantitative estimate of drug-likeness (QED) is 0.872. The van der Waals surface area contributed by atoms with Crippen LogP contribution in [0.3, 0.4) is 0 Å². The number of benzene rings is 2. The number of hydrogen-bond acceptors (Lipinski definition) is 4. The largest absolute Gasteiger partial charge is 0.445 e. The molecule has 1 aliphatic heterocycles. The summed E-state index contributed by atoms with van der Waals surface area (Å²) in [6, 6.07) is 17.5. The fraction of sp³-hybridized carbons (Fsp3) is 0.250. The van der Waals surface area contributed by atoms with Crippen molar-refractivity contribution >= 4 is 12.2 Å². The molecule has 0 radical (unpaired) electrons. The Kier molecular flexibility index (Phi) is 6.20. The summed E-state index contributed by atoms with van der Waals surface area (Å²) in [5, 5.41) is 2.70. The predicted molar refractivity (Wildman–Crippen MR) is 94.8 cm³/mol. The lowest BCUT2D eigenvalue weighted by atomic mass is 10.1. The van der Waals surface area contributed by atoms with E-state index < -0.39 is 6.09 Å². The zero-order valence-electron chi connectivity index (χ0n) is 13.9. The van der Waals surface area contributed by atoms with Crippen LogP contribution in [-0.4, -0.2) is 25.9 Å². The topological polar surface area (TPSA) is 56.8 Å². The summed E-state index contributed by atoms with van der Waals surface area (Å²) in [7, 11) is 0. The highest BCUT2D eigenvalue weighted by Gasteiger charge is 2.17. The Labute approximate surface area is 147 Å². The number of alkyl carbamates (subject to hydrolysis) is 1. The van der Waals surface area contributed by atoms with Gasteiger partial charge in [0.1, 0.15) is 6.61 Å². The molecule has 2 aromatic carbocycles. The number of nitrogens with one attached hydrogen (secondary N) is 1. The highest BCUT2D eigenvalue weighted by atomic mass is 16.7. The summed E-state index contributed by atoms with van der Waals surface area (Å²) in [6.45, 7) is 1.91. The Morgan fingerprint density at radius 2 is 1.92 bits per heavy atom. The van der Waals surface area contributed by atoms with E-state index in [1.54, 1.807) is 0 Å². The molecule has 0 aliphatic carbocycles. The van der Waals surface area contributed by atoms with Crippen molar-refractivity contribution in [3.8, 4) is 0 Å². The highest BCUT2D eigenvalue weighted by Crippen LogP contribution is 2.24. The van der Waals surface area contributed by atoms with Gasteiger partial charge in [0.15, 0.2) is 6.29 Å². The van der Waals surface area contributed by atoms with Crippen LogP contribution in [0.15, 0.2) is 60.7 Å². The van der Waals surface area contributed by atoms with Gasteiger partial charge in [-0.3, -0.25) is 0 Å². The predicted octanol–water partition coefficient (Wildman–Crippen LogP) is 3.67. The van der Waals surface area contributed by atoms with E-state index in [2.05, 4.69) is 5.32 Å². The third kappa shape index (κ3) is 5.45. The van der Waals surface area contributed by atoms with Gasteiger partial charge in [0, 0.05) is 12.1 Å². The van der Waals surface area contributed by atoms with E-state index in [9.17, 15) is 4.79 Å². The number of ether oxygens (including phenoxy) is 3. The maximum absolute atomic E-state index is 11.7. The molecule has 1 amide bonds. The maximum atomic E-state index is 11.7. The first kappa shape index (κ1) is 17.2. The zero-order valence-corrected chi connectivity index (χ0v) is 13.9. The third-order valence-electron chi connectivity index (χ3n) is 3.69. The third-order valence-corrected chi connectivity index (χ3v) is 3.69. The molecular weight excluding hydrogens is 318 g/mol. The van der Waals surface area contributed by atoms with Gasteiger partial charge in [-0.1, -0.05) is 60.7 Å². The first-order valence-corrected chi connectivity index (χ1v) is 8.25. The van der Waals surface area contributed by atoms with Crippen molar-refractivity contribution in [3.05, 3.63) is 77.4 Å². The van der Waals surface area contributed by atoms with E-state index in [0.29, 0.717) is 19.8 Å². The summed E-state index contributed by atoms with van der Waals surface area (Å²) < 4.78 is 16.1. The van der Waals surface area contributed by atoms with E-state index in [4.69, 9.17) is 14.2 Å². The van der Waals surface area contributed by atoms with Crippen molar-refractivity contribution < 1.29 is 19.0 Å². The summed E-state index contributed by atoms with van der Waals surface area (Å²) in [5.74, 6) is 0. The van der Waals surface area contributed by atoms with Crippen LogP contribution >= 0.6 is 0 Å². The number of carbonyl (C=O) groups is 1. The molecular formula is C20H21NO4. The van der Waals surface area contributed by atoms with Gasteiger partial charge in [0.25, 0.3) is 0 Å². The van der Waals surface area contributed by atoms with Crippen LogP contribution in [0.25, 0.3) is 6.08 Å². The zero-order chi connectivity index (χ0) is 17.3. The van der Waals surface area contributed by atoms with Crippen LogP contribution < -0.4 is 5.32 Å². The van der Waals surface area contributed by atoms with Crippen LogP contribution in [0.2, 0.25) is 0 Å². The lowest BCUT2D eigenvalue weighted by Gasteiger charge is -2.09. The number of hydrogen-bond donors (Lipinski definition) is 1. The average molecular weight is 339 g/mol. The molecule has 0 atom stereocenters. The van der Waals surface area contributed by atoms with Crippen molar-refractivity contribution in [1.29, 1.82) is 0 Å². The van der Waals surface area contributed by atoms with Gasteiger partial charge in [-0.2, -0.15) is 0 Å². The minimum atomic E-state index is -0.435. The Morgan fingerprint density at radius 3 is 2.72 bits per heavy atom. The molecule has 5 heteroatoms. The van der Waals surface area contributed by atoms with E-state index in [0.717, 1.165) is 16.7 Å². The maximum Gasteiger partial charge on any atom is 0.407 e. The molecule has 3 rings (SSSR count). The second-order valence-corrected chi connectivity index (χ2v) is 5.59. The molecule has 1 saturated heterocycles. The summed E-state index contributed by atoms with van der Waals surface area (Å²) in [4.78, 5) is 11.7. The Bertz CT molecular complexity index is 709. The average Bonchev–Trinajstić information content (AvgIpc) is 3.19. The van der Waals surface area contributed by atoms with E-state index in [1.807, 2.05) is 66.7 Å². The molecule has 5 nitrogen and oxygen atoms in total. The molecule has 0 bridgehead atoms. The van der Waals surface area contributed by atoms with Crippen molar-refractivity contribution in [2.45, 2.75) is 12.9 Å². The minimum Gasteiger partial charge on any atom is -0.445 e. The molecule has 0 saturated carbocycles. The number of amides is 1. The van der Waals surface area contributed by atoms with Crippen LogP contribution in [-0.2, 0) is 20.8 Å². The Balaban J connectivity index is 1.42. The summed E-state index contributed by atoms with van der Waals surface area (Å²) in [6.07, 6.45) is 3.10. The van der Waals surface area contributed by atoms with Crippen LogP contribution in [0.4, 0.5) is 4.79 Å². The molecule has 130 valence electrons. The molecule has 25 heavy (non-hydrogen) atoms. The summed E-state index contributed by atoms with van der Waals surface area (Å²) >= 11 is 0. The fourth-order valence-corrected chi connectivity index (χ4v) is 2.47. The van der Waals surface area contributed by atoms with Gasteiger partial charge < -0.3 is 19.5 Å². The SMILES string of the molecule is O=C(NCC=Cc1cccc(C2OCCO2)c1)OCc1ccccc1. The number of rotatable bonds is 6. The molecule has 0 unspecified atom stereocenters. The van der Waals surface area contributed by atoms with Gasteiger partial charge in [0.05, 0.1) is 13.2 Å². The molecule has 1 fully saturated rings. The number of carbonyl (C=O) groups excluding carboxylic acids is 1. The molecule has 1 aliphatic rings. The Hall–Kier alpha value is -2.63. The van der Waals surface area contributed by atoms with Crippen molar-refractivity contribution in [1.82, 2.24) is 5.32 Å². The molecule has 1 heterocycles. The van der Waals surface area contributed by atoms with Gasteiger partial charge >= 0.3 is 6.09 Å². The smallest absolute Gasteiger partial charge is 0.407 e. The summed E-state index contributed by atoms with van der Waals surface area (Å²) in [5.41, 5.74) is 2.98. The normalized spacial score (nSPS) is 14.7. The van der Waals surface area contributed by atoms with Gasteiger partial charge in [-0.25, -0.2) is 4.79 Å². The monoisotopic (exact) mass is 339 g/mol. The fourth-order valence-electron chi connectivity index (χ4n) is 2.47. The van der Waals surface area contributed by atoms with Gasteiger partial charge in [-0.15, -0.1) is 0 Å².